The van der Waals surface area contributed by atoms with E-state index in [0.717, 1.165) is 6.08 Å². The molecule has 1 aromatic carbocycles. The molecule has 0 aliphatic carbocycles. The van der Waals surface area contributed by atoms with E-state index in [9.17, 15) is 30.3 Å². The van der Waals surface area contributed by atoms with Gasteiger partial charge in [-0.1, -0.05) is 6.07 Å². The number of hydrogen-bond donors (Lipinski definition) is 6. The highest BCUT2D eigenvalue weighted by molar-refractivity contribution is 5.87. The van der Waals surface area contributed by atoms with E-state index in [1.807, 2.05) is 0 Å². The van der Waals surface area contributed by atoms with Gasteiger partial charge < -0.3 is 40.1 Å². The Hall–Kier alpha value is -2.17. The first-order valence-corrected chi connectivity index (χ1v) is 7.04. The molecular weight excluding hydrogens is 324 g/mol. The quantitative estimate of drug-likeness (QED) is 0.217. The summed E-state index contributed by atoms with van der Waals surface area (Å²) >= 11 is 0. The van der Waals surface area contributed by atoms with Gasteiger partial charge in [-0.05, 0) is 23.8 Å². The molecule has 1 aliphatic rings. The van der Waals surface area contributed by atoms with Gasteiger partial charge in [0.05, 0.1) is 6.61 Å². The van der Waals surface area contributed by atoms with Crippen LogP contribution in [0.3, 0.4) is 0 Å². The van der Waals surface area contributed by atoms with Gasteiger partial charge in [0.15, 0.2) is 23.9 Å². The number of aliphatic hydroxyl groups is 4. The number of benzene rings is 1. The second-order valence-corrected chi connectivity index (χ2v) is 5.21. The number of aromatic hydroxyl groups is 2. The molecule has 0 bridgehead atoms. The molecule has 0 unspecified atom stereocenters. The number of esters is 1. The fourth-order valence-electron chi connectivity index (χ4n) is 2.19. The highest BCUT2D eigenvalue weighted by atomic mass is 16.7. The van der Waals surface area contributed by atoms with Gasteiger partial charge in [-0.3, -0.25) is 0 Å². The normalized spacial score (nSPS) is 30.4. The molecule has 1 aliphatic heterocycles. The molecule has 1 heterocycles. The molecule has 6 N–H and O–H groups in total. The van der Waals surface area contributed by atoms with Gasteiger partial charge >= 0.3 is 5.97 Å². The minimum absolute atomic E-state index is 0.313. The summed E-state index contributed by atoms with van der Waals surface area (Å²) in [4.78, 5) is 11.8. The first kappa shape index (κ1) is 18.2. The summed E-state index contributed by atoms with van der Waals surface area (Å²) in [5, 5.41) is 56.7. The molecule has 0 saturated carbocycles. The zero-order valence-electron chi connectivity index (χ0n) is 12.4. The summed E-state index contributed by atoms with van der Waals surface area (Å²) in [5.41, 5.74) is 0.392. The Kier molecular flexibility index (Phi) is 5.75. The van der Waals surface area contributed by atoms with E-state index in [0.29, 0.717) is 5.56 Å². The van der Waals surface area contributed by atoms with Crippen LogP contribution in [0, 0.1) is 0 Å². The molecule has 0 spiro atoms. The maximum atomic E-state index is 11.8. The van der Waals surface area contributed by atoms with Gasteiger partial charge in [-0.2, -0.15) is 0 Å². The molecule has 0 amide bonds. The molecule has 9 heteroatoms. The van der Waals surface area contributed by atoms with Gasteiger partial charge in [0, 0.05) is 6.08 Å². The van der Waals surface area contributed by atoms with Crippen molar-refractivity contribution < 1.29 is 44.9 Å². The number of phenolic OH excluding ortho intramolecular Hbond substituents is 2. The molecule has 1 fully saturated rings. The van der Waals surface area contributed by atoms with Crippen molar-refractivity contribution in [2.45, 2.75) is 30.7 Å². The lowest BCUT2D eigenvalue weighted by molar-refractivity contribution is -0.289. The first-order chi connectivity index (χ1) is 11.3. The van der Waals surface area contributed by atoms with Gasteiger partial charge in [0.25, 0.3) is 0 Å². The lowest BCUT2D eigenvalue weighted by atomic mass is 9.99. The van der Waals surface area contributed by atoms with Crippen LogP contribution in [0.25, 0.3) is 6.08 Å². The average molecular weight is 342 g/mol. The van der Waals surface area contributed by atoms with E-state index in [4.69, 9.17) is 14.6 Å². The maximum Gasteiger partial charge on any atom is 0.331 e. The van der Waals surface area contributed by atoms with Crippen molar-refractivity contribution in [1.82, 2.24) is 0 Å². The van der Waals surface area contributed by atoms with Crippen LogP contribution in [0.2, 0.25) is 0 Å². The fourth-order valence-corrected chi connectivity index (χ4v) is 2.19. The molecular formula is C15H18O9. The van der Waals surface area contributed by atoms with E-state index in [1.165, 1.54) is 24.3 Å². The van der Waals surface area contributed by atoms with Crippen molar-refractivity contribution >= 4 is 12.0 Å². The third-order valence-corrected chi connectivity index (χ3v) is 3.50. The molecule has 1 aromatic rings. The monoisotopic (exact) mass is 342 g/mol. The van der Waals surface area contributed by atoms with Crippen molar-refractivity contribution in [3.05, 3.63) is 29.8 Å². The largest absolute Gasteiger partial charge is 0.504 e. The van der Waals surface area contributed by atoms with Crippen LogP contribution in [-0.4, -0.2) is 73.9 Å². The SMILES string of the molecule is O=C(C=Cc1ccc(O)c(O)c1)O[C@@H]1[C@@H](O)[C@@H](O)O[C@H](CO)[C@H]1O. The molecule has 9 nitrogen and oxygen atoms in total. The summed E-state index contributed by atoms with van der Waals surface area (Å²) in [6, 6.07) is 3.87. The lowest BCUT2D eigenvalue weighted by Crippen LogP contribution is -2.59. The van der Waals surface area contributed by atoms with E-state index < -0.39 is 43.3 Å². The standard InChI is InChI=1S/C15H18O9/c16-6-10-12(20)14(13(21)15(22)23-10)24-11(19)4-2-7-1-3-8(17)9(18)5-7/h1-5,10,12-18,20-22H,6H2/t10-,12-,13-,14+,15+/m1/s1. The van der Waals surface area contributed by atoms with Gasteiger partial charge in [-0.25, -0.2) is 4.79 Å². The van der Waals surface area contributed by atoms with Crippen molar-refractivity contribution in [2.24, 2.45) is 0 Å². The number of rotatable bonds is 4. The Labute approximate surface area is 136 Å². The number of carbonyl (C=O) groups is 1. The highest BCUT2D eigenvalue weighted by Crippen LogP contribution is 2.26. The van der Waals surface area contributed by atoms with Crippen molar-refractivity contribution in [2.75, 3.05) is 6.61 Å². The summed E-state index contributed by atoms with van der Waals surface area (Å²) in [5.74, 6) is -1.61. The lowest BCUT2D eigenvalue weighted by Gasteiger charge is -2.39. The Morgan fingerprint density at radius 2 is 1.88 bits per heavy atom. The molecule has 2 rings (SSSR count). The number of carbonyl (C=O) groups excluding carboxylic acids is 1. The van der Waals surface area contributed by atoms with Gasteiger partial charge in [0.1, 0.15) is 18.3 Å². The van der Waals surface area contributed by atoms with E-state index in [-0.39, 0.29) is 11.5 Å². The minimum atomic E-state index is -1.72. The van der Waals surface area contributed by atoms with Crippen LogP contribution in [0.1, 0.15) is 5.56 Å². The summed E-state index contributed by atoms with van der Waals surface area (Å²) in [6.07, 6.45) is -5.38. The Morgan fingerprint density at radius 3 is 2.50 bits per heavy atom. The summed E-state index contributed by atoms with van der Waals surface area (Å²) < 4.78 is 9.68. The number of aliphatic hydroxyl groups excluding tert-OH is 4. The second kappa shape index (κ2) is 7.60. The van der Waals surface area contributed by atoms with Crippen LogP contribution in [0.4, 0.5) is 0 Å². The van der Waals surface area contributed by atoms with Crippen LogP contribution in [0.5, 0.6) is 11.5 Å². The predicted octanol–water partition coefficient (Wildman–Crippen LogP) is -1.55. The molecule has 5 atom stereocenters. The van der Waals surface area contributed by atoms with E-state index in [1.54, 1.807) is 0 Å². The molecule has 132 valence electrons. The van der Waals surface area contributed by atoms with Crippen molar-refractivity contribution in [1.29, 1.82) is 0 Å². The van der Waals surface area contributed by atoms with Crippen LogP contribution in [0.15, 0.2) is 24.3 Å². The third-order valence-electron chi connectivity index (χ3n) is 3.50. The molecule has 0 aromatic heterocycles. The Bertz CT molecular complexity index is 615. The second-order valence-electron chi connectivity index (χ2n) is 5.21. The molecule has 24 heavy (non-hydrogen) atoms. The van der Waals surface area contributed by atoms with Crippen molar-refractivity contribution in [3.8, 4) is 11.5 Å². The average Bonchev–Trinajstić information content (AvgIpc) is 2.56. The fraction of sp³-hybridized carbons (Fsp3) is 0.400. The van der Waals surface area contributed by atoms with Gasteiger partial charge in [0.2, 0.25) is 0 Å². The smallest absolute Gasteiger partial charge is 0.331 e. The van der Waals surface area contributed by atoms with Crippen molar-refractivity contribution in [3.63, 3.8) is 0 Å². The first-order valence-electron chi connectivity index (χ1n) is 7.04. The molecule has 1 saturated heterocycles. The van der Waals surface area contributed by atoms with Crippen LogP contribution in [-0.2, 0) is 14.3 Å². The summed E-state index contributed by atoms with van der Waals surface area (Å²) in [6.45, 7) is -0.637. The highest BCUT2D eigenvalue weighted by Gasteiger charge is 2.45. The molecule has 0 radical (unpaired) electrons. The zero-order chi connectivity index (χ0) is 17.9. The van der Waals surface area contributed by atoms with E-state index in [2.05, 4.69) is 0 Å². The number of phenols is 2. The Morgan fingerprint density at radius 1 is 1.17 bits per heavy atom. The van der Waals surface area contributed by atoms with E-state index >= 15 is 0 Å². The maximum absolute atomic E-state index is 11.8. The predicted molar refractivity (Wildman–Crippen MR) is 78.7 cm³/mol. The van der Waals surface area contributed by atoms with Crippen LogP contribution >= 0.6 is 0 Å². The van der Waals surface area contributed by atoms with Crippen LogP contribution < -0.4 is 0 Å². The Balaban J connectivity index is 2.04. The third kappa shape index (κ3) is 4.02. The minimum Gasteiger partial charge on any atom is -0.504 e. The summed E-state index contributed by atoms with van der Waals surface area (Å²) in [7, 11) is 0. The zero-order valence-corrected chi connectivity index (χ0v) is 12.4. The number of ether oxygens (including phenoxy) is 2. The topological polar surface area (TPSA) is 157 Å². The van der Waals surface area contributed by atoms with Gasteiger partial charge in [-0.15, -0.1) is 0 Å². The number of hydrogen-bond acceptors (Lipinski definition) is 9.